The maximum Gasteiger partial charge on any atom is 0.260 e. The van der Waals surface area contributed by atoms with Gasteiger partial charge in [-0.25, -0.2) is 14.1 Å². The molecule has 26 heavy (non-hydrogen) atoms. The van der Waals surface area contributed by atoms with Crippen molar-refractivity contribution >= 4 is 32.6 Å². The van der Waals surface area contributed by atoms with Crippen molar-refractivity contribution in [2.45, 2.75) is 13.8 Å². The van der Waals surface area contributed by atoms with Gasteiger partial charge in [-0.2, -0.15) is 5.10 Å². The molecule has 0 saturated carbocycles. The predicted octanol–water partition coefficient (Wildman–Crippen LogP) is 4.49. The van der Waals surface area contributed by atoms with E-state index in [9.17, 15) is 9.18 Å². The fourth-order valence-corrected chi connectivity index (χ4v) is 3.68. The molecule has 7 heteroatoms. The molecule has 2 aromatic heterocycles. The summed E-state index contributed by atoms with van der Waals surface area (Å²) in [7, 11) is 0. The Hall–Kier alpha value is -3.06. The van der Waals surface area contributed by atoms with Crippen molar-refractivity contribution in [1.82, 2.24) is 14.8 Å². The highest BCUT2D eigenvalue weighted by molar-refractivity contribution is 7.22. The first-order chi connectivity index (χ1) is 12.5. The Morgan fingerprint density at radius 3 is 2.69 bits per heavy atom. The molecule has 5 nitrogen and oxygen atoms in total. The van der Waals surface area contributed by atoms with Crippen LogP contribution in [-0.4, -0.2) is 20.7 Å². The van der Waals surface area contributed by atoms with Crippen LogP contribution in [0, 0.1) is 19.7 Å². The largest absolute Gasteiger partial charge is 0.298 e. The third-order valence-corrected chi connectivity index (χ3v) is 5.02. The lowest BCUT2D eigenvalue weighted by Gasteiger charge is -2.05. The number of aromatic nitrogens is 3. The lowest BCUT2D eigenvalue weighted by atomic mass is 10.2. The van der Waals surface area contributed by atoms with Crippen LogP contribution in [0.1, 0.15) is 21.6 Å². The van der Waals surface area contributed by atoms with Gasteiger partial charge < -0.3 is 0 Å². The van der Waals surface area contributed by atoms with E-state index in [1.54, 1.807) is 23.7 Å². The average Bonchev–Trinajstić information content (AvgIpc) is 3.18. The molecule has 4 rings (SSSR count). The summed E-state index contributed by atoms with van der Waals surface area (Å²) < 4.78 is 15.7. The molecule has 2 aromatic carbocycles. The van der Waals surface area contributed by atoms with Crippen LogP contribution in [0.5, 0.6) is 0 Å². The smallest absolute Gasteiger partial charge is 0.260 e. The van der Waals surface area contributed by atoms with Crippen LogP contribution in [0.25, 0.3) is 15.9 Å². The molecule has 0 fully saturated rings. The van der Waals surface area contributed by atoms with Crippen LogP contribution in [0.15, 0.2) is 48.7 Å². The van der Waals surface area contributed by atoms with E-state index in [0.29, 0.717) is 22.1 Å². The predicted molar refractivity (Wildman–Crippen MR) is 101 cm³/mol. The van der Waals surface area contributed by atoms with Crippen molar-refractivity contribution in [3.63, 3.8) is 0 Å². The van der Waals surface area contributed by atoms with Gasteiger partial charge in [0.05, 0.1) is 33.4 Å². The summed E-state index contributed by atoms with van der Waals surface area (Å²) in [6.45, 7) is 3.82. The molecule has 4 aromatic rings. The second-order valence-electron chi connectivity index (χ2n) is 5.98. The van der Waals surface area contributed by atoms with Crippen LogP contribution < -0.4 is 5.32 Å². The number of fused-ring (bicyclic) bond motifs is 1. The van der Waals surface area contributed by atoms with E-state index in [2.05, 4.69) is 15.4 Å². The van der Waals surface area contributed by atoms with Crippen LogP contribution >= 0.6 is 11.3 Å². The number of carbonyl (C=O) groups is 1. The molecule has 0 aliphatic carbocycles. The number of halogens is 1. The number of thiazole rings is 1. The number of anilines is 1. The molecule has 2 heterocycles. The molecule has 130 valence electrons. The minimum atomic E-state index is -0.317. The minimum absolute atomic E-state index is 0.272. The van der Waals surface area contributed by atoms with E-state index in [1.165, 1.54) is 29.7 Å². The highest BCUT2D eigenvalue weighted by Gasteiger charge is 2.17. The number of nitrogens with zero attached hydrogens (tertiary/aromatic N) is 3. The van der Waals surface area contributed by atoms with Crippen LogP contribution in [0.4, 0.5) is 9.52 Å². The monoisotopic (exact) mass is 366 g/mol. The third-order valence-electron chi connectivity index (χ3n) is 4.09. The Labute approximate surface area is 153 Å². The summed E-state index contributed by atoms with van der Waals surface area (Å²) >= 11 is 1.43. The van der Waals surface area contributed by atoms with E-state index < -0.39 is 0 Å². The SMILES string of the molecule is Cc1ccc2nc(NC(=O)c3cnn(-c4ccc(F)cc4)c3C)sc2c1. The molecule has 0 aliphatic heterocycles. The fourth-order valence-electron chi connectivity index (χ4n) is 2.72. The molecule has 0 radical (unpaired) electrons. The zero-order valence-corrected chi connectivity index (χ0v) is 15.0. The van der Waals surface area contributed by atoms with Crippen LogP contribution in [0.2, 0.25) is 0 Å². The highest BCUT2D eigenvalue weighted by Crippen LogP contribution is 2.27. The zero-order valence-electron chi connectivity index (χ0n) is 14.2. The molecule has 1 N–H and O–H groups in total. The Balaban J connectivity index is 1.60. The second-order valence-corrected chi connectivity index (χ2v) is 7.01. The summed E-state index contributed by atoms with van der Waals surface area (Å²) in [5.41, 5.74) is 3.82. The summed E-state index contributed by atoms with van der Waals surface area (Å²) in [6.07, 6.45) is 1.51. The molecule has 0 unspecified atom stereocenters. The number of benzene rings is 2. The molecule has 0 atom stereocenters. The Kier molecular flexibility index (Phi) is 4.00. The lowest BCUT2D eigenvalue weighted by molar-refractivity contribution is 0.102. The molecule has 0 aliphatic rings. The topological polar surface area (TPSA) is 59.8 Å². The maximum atomic E-state index is 13.1. The summed E-state index contributed by atoms with van der Waals surface area (Å²) in [5.74, 6) is -0.589. The molecule has 0 saturated heterocycles. The maximum absolute atomic E-state index is 13.1. The van der Waals surface area contributed by atoms with Crippen molar-refractivity contribution in [3.05, 3.63) is 71.3 Å². The second kappa shape index (κ2) is 6.34. The fraction of sp³-hybridized carbons (Fsp3) is 0.105. The van der Waals surface area contributed by atoms with Gasteiger partial charge in [-0.05, 0) is 55.8 Å². The van der Waals surface area contributed by atoms with Crippen LogP contribution in [0.3, 0.4) is 0 Å². The van der Waals surface area contributed by atoms with E-state index in [4.69, 9.17) is 0 Å². The number of nitrogens with one attached hydrogen (secondary N) is 1. The molecule has 0 bridgehead atoms. The average molecular weight is 366 g/mol. The van der Waals surface area contributed by atoms with Gasteiger partial charge in [-0.3, -0.25) is 10.1 Å². The standard InChI is InChI=1S/C19H15FN4OS/c1-11-3-8-16-17(9-11)26-19(22-16)23-18(25)15-10-21-24(12(15)2)14-6-4-13(20)5-7-14/h3-10H,1-2H3,(H,22,23,25). The van der Waals surface area contributed by atoms with Crippen molar-refractivity contribution in [2.24, 2.45) is 0 Å². The van der Waals surface area contributed by atoms with Crippen molar-refractivity contribution in [1.29, 1.82) is 0 Å². The number of amides is 1. The summed E-state index contributed by atoms with van der Waals surface area (Å²) in [5, 5.41) is 7.63. The lowest BCUT2D eigenvalue weighted by Crippen LogP contribution is -2.12. The first-order valence-corrected chi connectivity index (χ1v) is 8.82. The summed E-state index contributed by atoms with van der Waals surface area (Å²) in [6, 6.07) is 11.9. The van der Waals surface area contributed by atoms with Gasteiger partial charge in [0, 0.05) is 0 Å². The first-order valence-electron chi connectivity index (χ1n) is 8.00. The minimum Gasteiger partial charge on any atom is -0.298 e. The normalized spacial score (nSPS) is 11.0. The number of hydrogen-bond donors (Lipinski definition) is 1. The van der Waals surface area contributed by atoms with Gasteiger partial charge in [0.15, 0.2) is 5.13 Å². The van der Waals surface area contributed by atoms with Gasteiger partial charge in [-0.15, -0.1) is 0 Å². The quantitative estimate of drug-likeness (QED) is 0.581. The first kappa shape index (κ1) is 16.4. The summed E-state index contributed by atoms with van der Waals surface area (Å²) in [4.78, 5) is 17.1. The number of hydrogen-bond acceptors (Lipinski definition) is 4. The highest BCUT2D eigenvalue weighted by atomic mass is 32.1. The van der Waals surface area contributed by atoms with Gasteiger partial charge >= 0.3 is 0 Å². The van der Waals surface area contributed by atoms with Gasteiger partial charge in [-0.1, -0.05) is 17.4 Å². The number of aryl methyl sites for hydroxylation is 1. The number of carbonyl (C=O) groups excluding carboxylic acids is 1. The Morgan fingerprint density at radius 2 is 1.92 bits per heavy atom. The van der Waals surface area contributed by atoms with Gasteiger partial charge in [0.25, 0.3) is 5.91 Å². The molecule has 1 amide bonds. The third kappa shape index (κ3) is 2.97. The number of rotatable bonds is 3. The van der Waals surface area contributed by atoms with Gasteiger partial charge in [0.1, 0.15) is 5.82 Å². The molecular weight excluding hydrogens is 351 g/mol. The molecular formula is C19H15FN4OS. The van der Waals surface area contributed by atoms with E-state index in [0.717, 1.165) is 15.8 Å². The van der Waals surface area contributed by atoms with E-state index in [1.807, 2.05) is 25.1 Å². The Bertz CT molecular complexity index is 1110. The Morgan fingerprint density at radius 1 is 1.15 bits per heavy atom. The van der Waals surface area contributed by atoms with Gasteiger partial charge in [0.2, 0.25) is 0 Å². The van der Waals surface area contributed by atoms with Crippen LogP contribution in [-0.2, 0) is 0 Å². The van der Waals surface area contributed by atoms with Crippen molar-refractivity contribution in [3.8, 4) is 5.69 Å². The zero-order chi connectivity index (χ0) is 18.3. The van der Waals surface area contributed by atoms with E-state index >= 15 is 0 Å². The van der Waals surface area contributed by atoms with Crippen molar-refractivity contribution < 1.29 is 9.18 Å². The molecule has 0 spiro atoms. The van der Waals surface area contributed by atoms with E-state index in [-0.39, 0.29) is 11.7 Å². The van der Waals surface area contributed by atoms with Crippen molar-refractivity contribution in [2.75, 3.05) is 5.32 Å².